The van der Waals surface area contributed by atoms with Gasteiger partial charge in [-0.25, -0.2) is 0 Å². The predicted octanol–water partition coefficient (Wildman–Crippen LogP) is 0.959. The summed E-state index contributed by atoms with van der Waals surface area (Å²) in [5, 5.41) is 18.4. The second-order valence-electron chi connectivity index (χ2n) is 5.16. The van der Waals surface area contributed by atoms with Gasteiger partial charge in [0, 0.05) is 24.6 Å². The first-order valence-corrected chi connectivity index (χ1v) is 5.87. The Bertz CT molecular complexity index is 421. The molecule has 18 heavy (non-hydrogen) atoms. The van der Waals surface area contributed by atoms with Crippen LogP contribution in [0.4, 0.5) is 0 Å². The van der Waals surface area contributed by atoms with Gasteiger partial charge in [-0.2, -0.15) is 0 Å². The molecule has 0 aliphatic rings. The van der Waals surface area contributed by atoms with Gasteiger partial charge in [0.2, 0.25) is 0 Å². The van der Waals surface area contributed by atoms with Gasteiger partial charge in [-0.3, -0.25) is 4.79 Å². The van der Waals surface area contributed by atoms with E-state index < -0.39 is 5.41 Å². The molecule has 0 bridgehead atoms. The summed E-state index contributed by atoms with van der Waals surface area (Å²) < 4.78 is 5.36. The van der Waals surface area contributed by atoms with Crippen molar-refractivity contribution in [2.75, 3.05) is 26.8 Å². The summed E-state index contributed by atoms with van der Waals surface area (Å²) in [5.41, 5.74) is 0.0824. The molecule has 5 nitrogen and oxygen atoms in total. The maximum atomic E-state index is 12.2. The maximum absolute atomic E-state index is 12.2. The Morgan fingerprint density at radius 2 is 1.94 bits per heavy atom. The van der Waals surface area contributed by atoms with Gasteiger partial charge in [0.25, 0.3) is 5.91 Å². The van der Waals surface area contributed by atoms with Crippen LogP contribution in [0.5, 0.6) is 0 Å². The number of carbonyl (C=O) groups is 1. The fourth-order valence-electron chi connectivity index (χ4n) is 1.82. The molecule has 1 aromatic heterocycles. The zero-order chi connectivity index (χ0) is 13.9. The van der Waals surface area contributed by atoms with Crippen LogP contribution in [0.1, 0.15) is 28.8 Å². The Morgan fingerprint density at radius 1 is 1.39 bits per heavy atom. The average Bonchev–Trinajstić information content (AvgIpc) is 2.67. The van der Waals surface area contributed by atoms with Gasteiger partial charge in [0.05, 0.1) is 13.2 Å². The largest absolute Gasteiger partial charge is 0.456 e. The van der Waals surface area contributed by atoms with Crippen LogP contribution in [0.3, 0.4) is 0 Å². The van der Waals surface area contributed by atoms with Crippen molar-refractivity contribution in [3.8, 4) is 0 Å². The van der Waals surface area contributed by atoms with Crippen molar-refractivity contribution in [1.82, 2.24) is 4.90 Å². The number of hydrogen-bond donors (Lipinski definition) is 2. The van der Waals surface area contributed by atoms with Gasteiger partial charge in [-0.05, 0) is 19.9 Å². The van der Waals surface area contributed by atoms with E-state index in [4.69, 9.17) is 4.42 Å². The van der Waals surface area contributed by atoms with Crippen molar-refractivity contribution >= 4 is 5.91 Å². The third-order valence-electron chi connectivity index (χ3n) is 2.96. The van der Waals surface area contributed by atoms with Crippen LogP contribution < -0.4 is 0 Å². The number of amides is 1. The van der Waals surface area contributed by atoms with Gasteiger partial charge in [0.1, 0.15) is 5.76 Å². The number of aliphatic hydroxyl groups is 2. The number of aliphatic hydroxyl groups excluding tert-OH is 2. The molecule has 0 aromatic carbocycles. The minimum absolute atomic E-state index is 0.183. The van der Waals surface area contributed by atoms with Crippen molar-refractivity contribution in [2.45, 2.75) is 20.8 Å². The van der Waals surface area contributed by atoms with Crippen molar-refractivity contribution < 1.29 is 19.4 Å². The highest BCUT2D eigenvalue weighted by Gasteiger charge is 2.28. The molecule has 1 rings (SSSR count). The van der Waals surface area contributed by atoms with E-state index in [2.05, 4.69) is 0 Å². The minimum Gasteiger partial charge on any atom is -0.456 e. The molecule has 102 valence electrons. The fraction of sp³-hybridized carbons (Fsp3) is 0.615. The second-order valence-corrected chi connectivity index (χ2v) is 5.16. The summed E-state index contributed by atoms with van der Waals surface area (Å²) >= 11 is 0. The normalized spacial score (nSPS) is 11.7. The van der Waals surface area contributed by atoms with E-state index in [1.807, 2.05) is 6.92 Å². The van der Waals surface area contributed by atoms with E-state index in [0.29, 0.717) is 11.5 Å². The highest BCUT2D eigenvalue weighted by Crippen LogP contribution is 2.19. The lowest BCUT2D eigenvalue weighted by Gasteiger charge is -2.30. The zero-order valence-corrected chi connectivity index (χ0v) is 11.4. The summed E-state index contributed by atoms with van der Waals surface area (Å²) in [5.74, 6) is 0.762. The van der Waals surface area contributed by atoms with Gasteiger partial charge in [0.15, 0.2) is 5.76 Å². The number of rotatable bonds is 5. The summed E-state index contributed by atoms with van der Waals surface area (Å²) in [4.78, 5) is 13.6. The van der Waals surface area contributed by atoms with Crippen LogP contribution in [-0.2, 0) is 0 Å². The van der Waals surface area contributed by atoms with Crippen LogP contribution in [0.2, 0.25) is 0 Å². The van der Waals surface area contributed by atoms with E-state index in [1.165, 1.54) is 4.90 Å². The van der Waals surface area contributed by atoms with E-state index in [0.717, 1.165) is 5.56 Å². The van der Waals surface area contributed by atoms with Crippen molar-refractivity contribution in [2.24, 2.45) is 5.41 Å². The summed E-state index contributed by atoms with van der Waals surface area (Å²) in [7, 11) is 1.63. The molecule has 2 N–H and O–H groups in total. The number of hydrogen-bond acceptors (Lipinski definition) is 4. The highest BCUT2D eigenvalue weighted by molar-refractivity contribution is 5.92. The van der Waals surface area contributed by atoms with Crippen molar-refractivity contribution in [1.29, 1.82) is 0 Å². The molecule has 0 saturated heterocycles. The minimum atomic E-state index is -0.708. The van der Waals surface area contributed by atoms with Crippen LogP contribution in [0.25, 0.3) is 0 Å². The smallest absolute Gasteiger partial charge is 0.289 e. The highest BCUT2D eigenvalue weighted by atomic mass is 16.4. The molecular formula is C13H21NO4. The van der Waals surface area contributed by atoms with Gasteiger partial charge >= 0.3 is 0 Å². The Morgan fingerprint density at radius 3 is 2.33 bits per heavy atom. The molecule has 0 spiro atoms. The lowest BCUT2D eigenvalue weighted by atomic mass is 9.92. The third-order valence-corrected chi connectivity index (χ3v) is 2.96. The molecule has 5 heteroatoms. The molecule has 0 aliphatic carbocycles. The monoisotopic (exact) mass is 255 g/mol. The molecule has 0 fully saturated rings. The van der Waals surface area contributed by atoms with Crippen LogP contribution in [-0.4, -0.2) is 47.8 Å². The lowest BCUT2D eigenvalue weighted by Crippen LogP contribution is -2.41. The molecule has 0 saturated carbocycles. The number of carbonyl (C=O) groups excluding carboxylic acids is 1. The molecule has 1 heterocycles. The molecule has 1 aromatic rings. The zero-order valence-electron chi connectivity index (χ0n) is 11.4. The third kappa shape index (κ3) is 3.11. The number of nitrogens with zero attached hydrogens (tertiary/aromatic N) is 1. The summed E-state index contributed by atoms with van der Waals surface area (Å²) in [6.07, 6.45) is 0. The van der Waals surface area contributed by atoms with Crippen molar-refractivity contribution in [3.63, 3.8) is 0 Å². The molecule has 0 unspecified atom stereocenters. The first kappa shape index (κ1) is 14.7. The second kappa shape index (κ2) is 5.54. The van der Waals surface area contributed by atoms with Gasteiger partial charge in [-0.1, -0.05) is 6.92 Å². The quantitative estimate of drug-likeness (QED) is 0.822. The maximum Gasteiger partial charge on any atom is 0.289 e. The van der Waals surface area contributed by atoms with Gasteiger partial charge in [-0.15, -0.1) is 0 Å². The molecule has 1 amide bonds. The average molecular weight is 255 g/mol. The number of aryl methyl sites for hydroxylation is 2. The van der Waals surface area contributed by atoms with E-state index >= 15 is 0 Å². The molecule has 0 aliphatic heterocycles. The topological polar surface area (TPSA) is 73.9 Å². The van der Waals surface area contributed by atoms with E-state index in [-0.39, 0.29) is 25.7 Å². The first-order valence-electron chi connectivity index (χ1n) is 5.87. The Labute approximate surface area is 107 Å². The van der Waals surface area contributed by atoms with Crippen LogP contribution >= 0.6 is 0 Å². The summed E-state index contributed by atoms with van der Waals surface area (Å²) in [6.45, 7) is 5.22. The Kier molecular flexibility index (Phi) is 4.53. The van der Waals surface area contributed by atoms with Crippen LogP contribution in [0, 0.1) is 19.3 Å². The van der Waals surface area contributed by atoms with E-state index in [1.54, 1.807) is 27.0 Å². The SMILES string of the molecule is Cc1cc(C)c(C(=O)N(C)CC(C)(CO)CO)o1. The Hall–Kier alpha value is -1.33. The predicted molar refractivity (Wildman–Crippen MR) is 67.4 cm³/mol. The molecular weight excluding hydrogens is 234 g/mol. The standard InChI is InChI=1S/C13H21NO4/c1-9-5-10(2)18-11(9)12(17)14(4)6-13(3,7-15)8-16/h5,15-16H,6-8H2,1-4H3. The Balaban J connectivity index is 2.82. The first-order chi connectivity index (χ1) is 8.33. The summed E-state index contributed by atoms with van der Waals surface area (Å²) in [6, 6.07) is 1.80. The van der Waals surface area contributed by atoms with Crippen LogP contribution in [0.15, 0.2) is 10.5 Å². The van der Waals surface area contributed by atoms with Crippen molar-refractivity contribution in [3.05, 3.63) is 23.2 Å². The molecule has 0 atom stereocenters. The molecule has 0 radical (unpaired) electrons. The van der Waals surface area contributed by atoms with Gasteiger partial charge < -0.3 is 19.5 Å². The number of furan rings is 1. The fourth-order valence-corrected chi connectivity index (χ4v) is 1.82. The van der Waals surface area contributed by atoms with E-state index in [9.17, 15) is 15.0 Å². The lowest BCUT2D eigenvalue weighted by molar-refractivity contribution is 0.0351.